The maximum absolute atomic E-state index is 4.16. The van der Waals surface area contributed by atoms with Crippen LogP contribution in [0.1, 0.15) is 19.3 Å². The van der Waals surface area contributed by atoms with Crippen LogP contribution in [0.3, 0.4) is 0 Å². The van der Waals surface area contributed by atoms with Crippen molar-refractivity contribution in [3.8, 4) is 0 Å². The standard InChI is InChI=1S/C9H18N2S3/c12-14-13-8-10-5-6-11-4-2-1-3-9(11)7-10/h9,12H,1-8H2. The third-order valence-corrected chi connectivity index (χ3v) is 5.37. The summed E-state index contributed by atoms with van der Waals surface area (Å²) in [5.74, 6) is 1.14. The molecular formula is C9H18N2S3. The Morgan fingerprint density at radius 2 is 2.14 bits per heavy atom. The van der Waals surface area contributed by atoms with E-state index in [9.17, 15) is 0 Å². The number of piperazine rings is 1. The molecular weight excluding hydrogens is 232 g/mol. The molecule has 0 N–H and O–H groups in total. The average Bonchev–Trinajstić information content (AvgIpc) is 2.26. The zero-order valence-electron chi connectivity index (χ0n) is 8.39. The highest BCUT2D eigenvalue weighted by Gasteiger charge is 2.28. The number of fused-ring (bicyclic) bond motifs is 1. The lowest BCUT2D eigenvalue weighted by Crippen LogP contribution is -2.54. The highest BCUT2D eigenvalue weighted by molar-refractivity contribution is 9.05. The van der Waals surface area contributed by atoms with Crippen LogP contribution in [0.25, 0.3) is 0 Å². The predicted molar refractivity (Wildman–Crippen MR) is 69.8 cm³/mol. The largest absolute Gasteiger partial charge is 0.298 e. The Balaban J connectivity index is 1.77. The molecule has 2 fully saturated rings. The van der Waals surface area contributed by atoms with Crippen LogP contribution in [0.4, 0.5) is 0 Å². The Morgan fingerprint density at radius 3 is 3.00 bits per heavy atom. The average molecular weight is 250 g/mol. The van der Waals surface area contributed by atoms with E-state index in [2.05, 4.69) is 21.5 Å². The fourth-order valence-electron chi connectivity index (χ4n) is 2.44. The lowest BCUT2D eigenvalue weighted by molar-refractivity contribution is 0.0594. The first-order valence-electron chi connectivity index (χ1n) is 5.29. The van der Waals surface area contributed by atoms with Gasteiger partial charge in [-0.15, -0.1) is 0 Å². The summed E-state index contributed by atoms with van der Waals surface area (Å²) in [5, 5.41) is 0. The number of thiol groups is 1. The zero-order chi connectivity index (χ0) is 9.80. The number of piperidine rings is 1. The molecule has 0 aromatic carbocycles. The first-order chi connectivity index (χ1) is 6.90. The first-order valence-corrected chi connectivity index (χ1v) is 8.67. The van der Waals surface area contributed by atoms with Gasteiger partial charge in [0, 0.05) is 25.7 Å². The summed E-state index contributed by atoms with van der Waals surface area (Å²) < 4.78 is 0. The monoisotopic (exact) mass is 250 g/mol. The van der Waals surface area contributed by atoms with Gasteiger partial charge in [0.2, 0.25) is 0 Å². The first kappa shape index (κ1) is 11.5. The van der Waals surface area contributed by atoms with E-state index < -0.39 is 0 Å². The Bertz CT molecular complexity index is 179. The molecule has 0 aromatic rings. The minimum absolute atomic E-state index is 0.850. The maximum atomic E-state index is 4.16. The molecule has 0 aliphatic carbocycles. The third-order valence-electron chi connectivity index (χ3n) is 3.21. The number of rotatable bonds is 3. The maximum Gasteiger partial charge on any atom is 0.0557 e. The lowest BCUT2D eigenvalue weighted by atomic mass is 10.00. The molecule has 0 saturated carbocycles. The van der Waals surface area contributed by atoms with Gasteiger partial charge in [0.15, 0.2) is 0 Å². The van der Waals surface area contributed by atoms with Crippen molar-refractivity contribution in [2.75, 3.05) is 32.1 Å². The minimum atomic E-state index is 0.850. The summed E-state index contributed by atoms with van der Waals surface area (Å²) in [6.45, 7) is 5.15. The summed E-state index contributed by atoms with van der Waals surface area (Å²) in [6.07, 6.45) is 4.26. The Kier molecular flexibility index (Phi) is 4.82. The van der Waals surface area contributed by atoms with Crippen LogP contribution in [0, 0.1) is 0 Å². The van der Waals surface area contributed by atoms with Crippen LogP contribution in [-0.2, 0) is 0 Å². The molecule has 82 valence electrons. The van der Waals surface area contributed by atoms with Crippen molar-refractivity contribution >= 4 is 32.3 Å². The molecule has 5 heteroatoms. The quantitative estimate of drug-likeness (QED) is 0.606. The van der Waals surface area contributed by atoms with Crippen LogP contribution in [0.15, 0.2) is 0 Å². The molecule has 1 unspecified atom stereocenters. The van der Waals surface area contributed by atoms with Gasteiger partial charge < -0.3 is 0 Å². The smallest absolute Gasteiger partial charge is 0.0557 e. The van der Waals surface area contributed by atoms with E-state index in [4.69, 9.17) is 0 Å². The van der Waals surface area contributed by atoms with Crippen molar-refractivity contribution in [3.63, 3.8) is 0 Å². The molecule has 0 bridgehead atoms. The van der Waals surface area contributed by atoms with Crippen molar-refractivity contribution in [2.45, 2.75) is 25.3 Å². The molecule has 2 heterocycles. The van der Waals surface area contributed by atoms with Crippen molar-refractivity contribution in [1.29, 1.82) is 0 Å². The van der Waals surface area contributed by atoms with E-state index in [0.717, 1.165) is 11.9 Å². The molecule has 14 heavy (non-hydrogen) atoms. The third kappa shape index (κ3) is 2.98. The van der Waals surface area contributed by atoms with Crippen molar-refractivity contribution < 1.29 is 0 Å². The Morgan fingerprint density at radius 1 is 1.21 bits per heavy atom. The van der Waals surface area contributed by atoms with E-state index in [1.807, 2.05) is 10.8 Å². The van der Waals surface area contributed by atoms with Crippen molar-refractivity contribution in [3.05, 3.63) is 0 Å². The molecule has 2 aliphatic rings. The SMILES string of the molecule is SSSCN1CCN2CCCCC2C1. The van der Waals surface area contributed by atoms with Gasteiger partial charge in [0.1, 0.15) is 0 Å². The van der Waals surface area contributed by atoms with Gasteiger partial charge >= 0.3 is 0 Å². The zero-order valence-corrected chi connectivity index (χ0v) is 10.9. The number of hydrogen-bond acceptors (Lipinski definition) is 5. The van der Waals surface area contributed by atoms with Gasteiger partial charge in [-0.3, -0.25) is 9.80 Å². The Labute approximate surface area is 99.4 Å². The molecule has 1 atom stereocenters. The van der Waals surface area contributed by atoms with E-state index >= 15 is 0 Å². The normalized spacial score (nSPS) is 30.2. The van der Waals surface area contributed by atoms with Crippen LogP contribution >= 0.6 is 32.3 Å². The van der Waals surface area contributed by atoms with E-state index in [1.54, 1.807) is 9.83 Å². The van der Waals surface area contributed by atoms with Crippen LogP contribution in [0.5, 0.6) is 0 Å². The van der Waals surface area contributed by atoms with Crippen LogP contribution < -0.4 is 0 Å². The summed E-state index contributed by atoms with van der Waals surface area (Å²) in [5.41, 5.74) is 0. The molecule has 2 aliphatic heterocycles. The highest BCUT2D eigenvalue weighted by Crippen LogP contribution is 2.27. The van der Waals surface area contributed by atoms with Crippen LogP contribution in [0.2, 0.25) is 0 Å². The van der Waals surface area contributed by atoms with E-state index in [1.165, 1.54) is 45.4 Å². The lowest BCUT2D eigenvalue weighted by Gasteiger charge is -2.43. The molecule has 0 radical (unpaired) electrons. The molecule has 0 aromatic heterocycles. The second kappa shape index (κ2) is 5.89. The minimum Gasteiger partial charge on any atom is -0.298 e. The van der Waals surface area contributed by atoms with Crippen LogP contribution in [-0.4, -0.2) is 47.9 Å². The molecule has 2 rings (SSSR count). The predicted octanol–water partition coefficient (Wildman–Crippen LogP) is 2.34. The number of hydrogen-bond donors (Lipinski definition) is 1. The summed E-state index contributed by atoms with van der Waals surface area (Å²) in [6, 6.07) is 0.850. The van der Waals surface area contributed by atoms with Gasteiger partial charge in [-0.25, -0.2) is 0 Å². The summed E-state index contributed by atoms with van der Waals surface area (Å²) in [7, 11) is 3.42. The summed E-state index contributed by atoms with van der Waals surface area (Å²) in [4.78, 5) is 5.25. The second-order valence-electron chi connectivity index (χ2n) is 4.08. The fraction of sp³-hybridized carbons (Fsp3) is 1.00. The van der Waals surface area contributed by atoms with Gasteiger partial charge in [-0.2, -0.15) is 0 Å². The molecule has 2 saturated heterocycles. The van der Waals surface area contributed by atoms with Gasteiger partial charge in [-0.1, -0.05) is 28.9 Å². The fourth-order valence-corrected chi connectivity index (χ4v) is 3.88. The molecule has 0 amide bonds. The van der Waals surface area contributed by atoms with Gasteiger partial charge in [-0.05, 0) is 29.2 Å². The van der Waals surface area contributed by atoms with E-state index in [0.29, 0.717) is 0 Å². The summed E-state index contributed by atoms with van der Waals surface area (Å²) >= 11 is 4.16. The van der Waals surface area contributed by atoms with Crippen molar-refractivity contribution in [1.82, 2.24) is 9.80 Å². The number of nitrogens with zero attached hydrogens (tertiary/aromatic N) is 2. The highest BCUT2D eigenvalue weighted by atomic mass is 33.5. The molecule has 2 nitrogen and oxygen atoms in total. The van der Waals surface area contributed by atoms with Gasteiger partial charge in [0.25, 0.3) is 0 Å². The second-order valence-corrected chi connectivity index (χ2v) is 7.22. The topological polar surface area (TPSA) is 6.48 Å². The van der Waals surface area contributed by atoms with Gasteiger partial charge in [0.05, 0.1) is 5.88 Å². The molecule has 0 spiro atoms. The van der Waals surface area contributed by atoms with E-state index in [-0.39, 0.29) is 0 Å². The van der Waals surface area contributed by atoms with Crippen molar-refractivity contribution in [2.24, 2.45) is 0 Å². The Hall–Kier alpha value is 0.970.